The topological polar surface area (TPSA) is 24.4 Å². The lowest BCUT2D eigenvalue weighted by molar-refractivity contribution is 1.01. The Morgan fingerprint density at radius 3 is 1.52 bits per heavy atom. The molecule has 0 saturated carbocycles. The first kappa shape index (κ1) is 24.5. The Morgan fingerprint density at radius 1 is 0.655 bits per heavy atom. The number of nitrogens with zero attached hydrogens (tertiary/aromatic N) is 1. The highest BCUT2D eigenvalue weighted by Gasteiger charge is 2.35. The highest BCUT2D eigenvalue weighted by molar-refractivity contribution is 8.42. The molecule has 0 bridgehead atoms. The molecule has 2 aromatic carbocycles. The molecule has 0 aliphatic heterocycles. The van der Waals surface area contributed by atoms with E-state index in [0.717, 1.165) is 5.69 Å². The zero-order valence-electron chi connectivity index (χ0n) is 19.4. The van der Waals surface area contributed by atoms with Gasteiger partial charge in [0.15, 0.2) is 0 Å². The summed E-state index contributed by atoms with van der Waals surface area (Å²) in [7, 11) is 1.56. The van der Waals surface area contributed by atoms with Crippen molar-refractivity contribution in [3.63, 3.8) is 0 Å². The first-order valence-corrected chi connectivity index (χ1v) is 16.9. The van der Waals surface area contributed by atoms with Crippen LogP contribution in [-0.2, 0) is 0 Å². The maximum Gasteiger partial charge on any atom is 0.0621 e. The van der Waals surface area contributed by atoms with E-state index < -0.39 is 13.4 Å². The van der Waals surface area contributed by atoms with E-state index in [0.29, 0.717) is 22.6 Å². The molecule has 0 spiro atoms. The summed E-state index contributed by atoms with van der Waals surface area (Å²) >= 11 is 0. The molecule has 0 heterocycles. The Bertz CT molecular complexity index is 846. The molecule has 0 atom stereocenters. The van der Waals surface area contributed by atoms with Crippen molar-refractivity contribution < 1.29 is 0 Å². The van der Waals surface area contributed by atoms with Crippen LogP contribution in [0.1, 0.15) is 55.4 Å². The Labute approximate surface area is 180 Å². The summed E-state index contributed by atoms with van der Waals surface area (Å²) in [4.78, 5) is 0. The number of nitrogens with one attached hydrogen (secondary N) is 1. The summed E-state index contributed by atoms with van der Waals surface area (Å²) in [6.45, 7) is 16.0. The zero-order valence-corrected chi connectivity index (χ0v) is 22.1. The van der Waals surface area contributed by atoms with E-state index in [4.69, 9.17) is 4.74 Å². The number of benzene rings is 2. The number of rotatable bonds is 8. The Hall–Kier alpha value is -0.800. The zero-order chi connectivity index (χ0) is 21.7. The average Bonchev–Trinajstić information content (AvgIpc) is 2.67. The largest absolute Gasteiger partial charge is 0.361 e. The van der Waals surface area contributed by atoms with E-state index in [2.05, 4.69) is 121 Å². The molecule has 0 saturated heterocycles. The van der Waals surface area contributed by atoms with Gasteiger partial charge in [0.25, 0.3) is 0 Å². The van der Waals surface area contributed by atoms with Crippen LogP contribution < -0.4 is 5.09 Å². The van der Waals surface area contributed by atoms with Crippen molar-refractivity contribution in [1.82, 2.24) is 0 Å². The number of hydrogen-bond donors (Lipinski definition) is 1. The van der Waals surface area contributed by atoms with Gasteiger partial charge >= 0.3 is 0 Å². The summed E-state index contributed by atoms with van der Waals surface area (Å²) in [5.41, 5.74) is 4.68. The van der Waals surface area contributed by atoms with Crippen molar-refractivity contribution in [3.8, 4) is 0 Å². The van der Waals surface area contributed by atoms with Crippen molar-refractivity contribution >= 4 is 32.4 Å². The summed E-state index contributed by atoms with van der Waals surface area (Å²) in [6.07, 6.45) is 0. The van der Waals surface area contributed by atoms with Crippen molar-refractivity contribution in [1.29, 1.82) is 0 Å². The van der Waals surface area contributed by atoms with Crippen LogP contribution >= 0.6 is 21.0 Å². The van der Waals surface area contributed by atoms with Crippen LogP contribution in [0.3, 0.4) is 0 Å². The number of para-hydroxylation sites is 1. The van der Waals surface area contributed by atoms with E-state index in [1.807, 2.05) is 0 Å². The first-order valence-electron chi connectivity index (χ1n) is 10.8. The quantitative estimate of drug-likeness (QED) is 0.399. The third-order valence-corrected chi connectivity index (χ3v) is 26.5. The molecule has 160 valence electrons. The molecule has 5 heteroatoms. The van der Waals surface area contributed by atoms with Crippen LogP contribution in [0.15, 0.2) is 65.4 Å². The lowest BCUT2D eigenvalue weighted by atomic mass is 10.3. The maximum atomic E-state index is 5.57. The van der Waals surface area contributed by atoms with Gasteiger partial charge in [-0.25, -0.2) is 0 Å². The highest BCUT2D eigenvalue weighted by atomic mass is 32.3. The Morgan fingerprint density at radius 2 is 1.10 bits per heavy atom. The summed E-state index contributed by atoms with van der Waals surface area (Å²) in [6, 6.07) is 21.4. The minimum atomic E-state index is -1.64. The minimum absolute atomic E-state index is 0.554. The standard InChI is InChI=1S/C24H39N2P3/c1-19(2)28(20(3)4,25-23-15-11-9-12-16-23)27-29(21(5)6,22(7)8)26-24-17-13-10-14-18-24/h9-22,25H,1-8H3. The van der Waals surface area contributed by atoms with Gasteiger partial charge in [0.05, 0.1) is 5.69 Å². The molecular weight excluding hydrogens is 409 g/mol. The van der Waals surface area contributed by atoms with Crippen LogP contribution in [0.2, 0.25) is 0 Å². The van der Waals surface area contributed by atoms with Gasteiger partial charge in [-0.1, -0.05) is 91.8 Å². The second kappa shape index (κ2) is 10.5. The lowest BCUT2D eigenvalue weighted by Gasteiger charge is -2.40. The smallest absolute Gasteiger partial charge is 0.0621 e. The molecule has 0 unspecified atom stereocenters. The first-order chi connectivity index (χ1) is 13.6. The second-order valence-electron chi connectivity index (χ2n) is 8.82. The fourth-order valence-corrected chi connectivity index (χ4v) is 26.9. The van der Waals surface area contributed by atoms with Gasteiger partial charge in [-0.15, -0.1) is 0 Å². The molecular formula is C24H39N2P3. The summed E-state index contributed by atoms with van der Waals surface area (Å²) < 4.78 is 5.57. The molecule has 1 N–H and O–H groups in total. The van der Waals surface area contributed by atoms with Crippen LogP contribution in [-0.4, -0.2) is 22.6 Å². The van der Waals surface area contributed by atoms with E-state index in [1.165, 1.54) is 5.69 Å². The molecule has 2 aromatic rings. The summed E-state index contributed by atoms with van der Waals surface area (Å²) in [5, 5.41) is 4.11. The number of anilines is 1. The van der Waals surface area contributed by atoms with Crippen LogP contribution in [0.4, 0.5) is 11.4 Å². The average molecular weight is 449 g/mol. The van der Waals surface area contributed by atoms with Gasteiger partial charge in [-0.2, -0.15) is 0 Å². The molecule has 0 radical (unpaired) electrons. The van der Waals surface area contributed by atoms with Gasteiger partial charge in [0.2, 0.25) is 0 Å². The third kappa shape index (κ3) is 5.67. The van der Waals surface area contributed by atoms with Gasteiger partial charge < -0.3 is 5.09 Å². The predicted molar refractivity (Wildman–Crippen MR) is 140 cm³/mol. The molecule has 2 rings (SSSR count). The molecule has 0 aromatic heterocycles. The molecule has 0 aliphatic carbocycles. The fraction of sp³-hybridized carbons (Fsp3) is 0.500. The van der Waals surface area contributed by atoms with E-state index in [9.17, 15) is 0 Å². The molecule has 0 fully saturated rings. The van der Waals surface area contributed by atoms with E-state index >= 15 is 0 Å². The highest BCUT2D eigenvalue weighted by Crippen LogP contribution is 2.82. The van der Waals surface area contributed by atoms with Crippen LogP contribution in [0.5, 0.6) is 0 Å². The molecule has 0 aliphatic rings. The monoisotopic (exact) mass is 448 g/mol. The van der Waals surface area contributed by atoms with E-state index in [1.54, 1.807) is 7.56 Å². The van der Waals surface area contributed by atoms with Crippen molar-refractivity contribution in [3.05, 3.63) is 60.7 Å². The molecule has 0 amide bonds. The van der Waals surface area contributed by atoms with Crippen LogP contribution in [0, 0.1) is 0 Å². The lowest BCUT2D eigenvalue weighted by Crippen LogP contribution is -2.15. The van der Waals surface area contributed by atoms with Gasteiger partial charge in [0, 0.05) is 19.1 Å². The van der Waals surface area contributed by atoms with Crippen molar-refractivity contribution in [2.24, 2.45) is 4.74 Å². The maximum absolute atomic E-state index is 5.57. The molecule has 29 heavy (non-hydrogen) atoms. The SMILES string of the molecule is CC(C)P(=Nc1ccccc1)(P=P(Nc1ccccc1)(C(C)C)C(C)C)C(C)C. The van der Waals surface area contributed by atoms with Crippen molar-refractivity contribution in [2.45, 2.75) is 78.0 Å². The van der Waals surface area contributed by atoms with Gasteiger partial charge in [0.1, 0.15) is 0 Å². The van der Waals surface area contributed by atoms with E-state index in [-0.39, 0.29) is 0 Å². The third-order valence-electron chi connectivity index (χ3n) is 5.50. The second-order valence-corrected chi connectivity index (χ2v) is 22.5. The Balaban J connectivity index is 2.85. The van der Waals surface area contributed by atoms with Gasteiger partial charge in [-0.3, -0.25) is 4.74 Å². The fourth-order valence-electron chi connectivity index (χ4n) is 3.77. The van der Waals surface area contributed by atoms with Gasteiger partial charge in [-0.05, 0) is 54.5 Å². The number of hydrogen-bond acceptors (Lipinski definition) is 1. The summed E-state index contributed by atoms with van der Waals surface area (Å²) in [5.74, 6) is 0. The van der Waals surface area contributed by atoms with Crippen LogP contribution in [0.25, 0.3) is 0 Å². The normalized spacial score (nSPS) is 13.0. The Kier molecular flexibility index (Phi) is 8.85. The molecule has 2 nitrogen and oxygen atoms in total. The predicted octanol–water partition coefficient (Wildman–Crippen LogP) is 9.97. The minimum Gasteiger partial charge on any atom is -0.361 e. The van der Waals surface area contributed by atoms with Crippen molar-refractivity contribution in [2.75, 3.05) is 5.09 Å².